The van der Waals surface area contributed by atoms with Crippen LogP contribution in [0, 0.1) is 0 Å². The lowest BCUT2D eigenvalue weighted by Gasteiger charge is -2.23. The van der Waals surface area contributed by atoms with E-state index in [1.165, 1.54) is 11.1 Å². The molecule has 4 heteroatoms. The zero-order valence-electron chi connectivity index (χ0n) is 21.3. The van der Waals surface area contributed by atoms with Crippen LogP contribution in [0.1, 0.15) is 98.3 Å². The van der Waals surface area contributed by atoms with Crippen molar-refractivity contribution in [3.63, 3.8) is 0 Å². The molecule has 0 spiro atoms. The molecule has 4 nitrogen and oxygen atoms in total. The second-order valence-corrected chi connectivity index (χ2v) is 13.1. The molecule has 0 radical (unpaired) electrons. The fourth-order valence-electron chi connectivity index (χ4n) is 5.71. The van der Waals surface area contributed by atoms with Gasteiger partial charge in [0.1, 0.15) is 5.82 Å². The molecule has 0 aliphatic heterocycles. The van der Waals surface area contributed by atoms with Crippen molar-refractivity contribution in [1.29, 1.82) is 0 Å². The smallest absolute Gasteiger partial charge is 0.165 e. The number of nitrogens with zero attached hydrogens (tertiary/aromatic N) is 4. The Hall–Kier alpha value is -2.49. The predicted molar refractivity (Wildman–Crippen MR) is 134 cm³/mol. The van der Waals surface area contributed by atoms with Gasteiger partial charge in [-0.15, -0.1) is 0 Å². The van der Waals surface area contributed by atoms with E-state index in [2.05, 4.69) is 97.9 Å². The molecule has 1 aromatic carbocycles. The van der Waals surface area contributed by atoms with Crippen molar-refractivity contribution in [2.75, 3.05) is 0 Å². The molecule has 1 aliphatic carbocycles. The first-order valence-electron chi connectivity index (χ1n) is 11.8. The minimum atomic E-state index is -0.146. The number of hydrogen-bond donors (Lipinski definition) is 0. The van der Waals surface area contributed by atoms with Gasteiger partial charge in [0, 0.05) is 16.5 Å². The van der Waals surface area contributed by atoms with E-state index < -0.39 is 0 Å². The highest BCUT2D eigenvalue weighted by Crippen LogP contribution is 2.50. The standard InChI is InChI=1S/C28H36N4/c1-25(2,3)21-12-11-16-22(30-21)31-24(26(4,5)6)32-20-14-18-17(13-19(20)29-23(16)32)27(7,8)15-28(18,9)10/h11-14H,15H2,1-10H3. The van der Waals surface area contributed by atoms with Gasteiger partial charge >= 0.3 is 0 Å². The number of benzene rings is 1. The second kappa shape index (κ2) is 6.09. The molecule has 3 heterocycles. The summed E-state index contributed by atoms with van der Waals surface area (Å²) in [6.45, 7) is 22.7. The number of hydrogen-bond acceptors (Lipinski definition) is 3. The third kappa shape index (κ3) is 2.98. The van der Waals surface area contributed by atoms with Crippen LogP contribution in [0.4, 0.5) is 0 Å². The van der Waals surface area contributed by atoms with Crippen LogP contribution in [-0.4, -0.2) is 19.4 Å². The highest BCUT2D eigenvalue weighted by atomic mass is 15.1. The Morgan fingerprint density at radius 1 is 0.781 bits per heavy atom. The average molecular weight is 429 g/mol. The van der Waals surface area contributed by atoms with Gasteiger partial charge < -0.3 is 0 Å². The van der Waals surface area contributed by atoms with Crippen molar-refractivity contribution in [2.24, 2.45) is 0 Å². The first-order valence-corrected chi connectivity index (χ1v) is 11.8. The first kappa shape index (κ1) is 21.4. The topological polar surface area (TPSA) is 43.1 Å². The van der Waals surface area contributed by atoms with Crippen LogP contribution in [0.5, 0.6) is 0 Å². The van der Waals surface area contributed by atoms with E-state index in [1.807, 2.05) is 0 Å². The molecule has 0 fully saturated rings. The van der Waals surface area contributed by atoms with E-state index in [1.54, 1.807) is 0 Å². The van der Waals surface area contributed by atoms with E-state index in [0.29, 0.717) is 0 Å². The predicted octanol–water partition coefficient (Wildman–Crippen LogP) is 6.98. The van der Waals surface area contributed by atoms with Gasteiger partial charge in [-0.25, -0.2) is 15.0 Å². The van der Waals surface area contributed by atoms with Gasteiger partial charge in [0.25, 0.3) is 0 Å². The van der Waals surface area contributed by atoms with Crippen molar-refractivity contribution in [3.8, 4) is 0 Å². The summed E-state index contributed by atoms with van der Waals surface area (Å²) in [4.78, 5) is 15.3. The minimum absolute atomic E-state index is 0.0258. The highest BCUT2D eigenvalue weighted by Gasteiger charge is 2.42. The molecule has 168 valence electrons. The van der Waals surface area contributed by atoms with Crippen molar-refractivity contribution in [2.45, 2.75) is 97.3 Å². The van der Waals surface area contributed by atoms with Crippen molar-refractivity contribution in [3.05, 3.63) is 46.9 Å². The summed E-state index contributed by atoms with van der Waals surface area (Å²) < 4.78 is 2.29. The molecule has 4 aromatic rings. The lowest BCUT2D eigenvalue weighted by molar-refractivity contribution is 0.403. The summed E-state index contributed by atoms with van der Waals surface area (Å²) >= 11 is 0. The minimum Gasteiger partial charge on any atom is -0.279 e. The van der Waals surface area contributed by atoms with Gasteiger partial charge in [0.15, 0.2) is 11.3 Å². The van der Waals surface area contributed by atoms with Crippen LogP contribution >= 0.6 is 0 Å². The van der Waals surface area contributed by atoms with E-state index in [0.717, 1.165) is 45.7 Å². The number of imidazole rings is 1. The van der Waals surface area contributed by atoms with Gasteiger partial charge in [0.05, 0.1) is 16.4 Å². The number of aromatic nitrogens is 4. The monoisotopic (exact) mass is 428 g/mol. The zero-order chi connectivity index (χ0) is 23.4. The molecule has 3 aromatic heterocycles. The summed E-state index contributed by atoms with van der Waals surface area (Å²) in [6, 6.07) is 9.01. The third-order valence-corrected chi connectivity index (χ3v) is 7.11. The van der Waals surface area contributed by atoms with Crippen molar-refractivity contribution >= 4 is 27.7 Å². The molecule has 0 saturated carbocycles. The maximum absolute atomic E-state index is 5.18. The van der Waals surface area contributed by atoms with Crippen molar-refractivity contribution in [1.82, 2.24) is 19.4 Å². The third-order valence-electron chi connectivity index (χ3n) is 7.11. The molecule has 0 amide bonds. The van der Waals surface area contributed by atoms with E-state index in [-0.39, 0.29) is 21.7 Å². The quantitative estimate of drug-likeness (QED) is 0.303. The Balaban J connectivity index is 1.94. The van der Waals surface area contributed by atoms with Crippen molar-refractivity contribution < 1.29 is 0 Å². The molecule has 32 heavy (non-hydrogen) atoms. The summed E-state index contributed by atoms with van der Waals surface area (Å²) in [5, 5.41) is 1.01. The van der Waals surface area contributed by atoms with Gasteiger partial charge in [-0.1, -0.05) is 69.2 Å². The normalized spacial score (nSPS) is 18.1. The number of rotatable bonds is 0. The van der Waals surface area contributed by atoms with Gasteiger partial charge in [0.2, 0.25) is 0 Å². The molecule has 0 atom stereocenters. The summed E-state index contributed by atoms with van der Waals surface area (Å²) in [7, 11) is 0. The van der Waals surface area contributed by atoms with Crippen LogP contribution in [0.15, 0.2) is 24.3 Å². The largest absolute Gasteiger partial charge is 0.279 e. The molecule has 0 bridgehead atoms. The highest BCUT2D eigenvalue weighted by molar-refractivity contribution is 5.95. The van der Waals surface area contributed by atoms with Gasteiger partial charge in [-0.3, -0.25) is 4.40 Å². The molecular formula is C28H36N4. The Morgan fingerprint density at radius 2 is 1.41 bits per heavy atom. The molecule has 0 saturated heterocycles. The van der Waals surface area contributed by atoms with Crippen LogP contribution in [0.2, 0.25) is 0 Å². The molecule has 0 N–H and O–H groups in total. The average Bonchev–Trinajstić information content (AvgIpc) is 3.10. The molecule has 0 unspecified atom stereocenters. The maximum Gasteiger partial charge on any atom is 0.165 e. The Labute approximate surface area is 191 Å². The molecule has 5 rings (SSSR count). The molecular weight excluding hydrogens is 392 g/mol. The Morgan fingerprint density at radius 3 is 2.00 bits per heavy atom. The van der Waals surface area contributed by atoms with E-state index in [4.69, 9.17) is 15.0 Å². The summed E-state index contributed by atoms with van der Waals surface area (Å²) in [5.41, 5.74) is 8.01. The summed E-state index contributed by atoms with van der Waals surface area (Å²) in [6.07, 6.45) is 1.15. The first-order chi connectivity index (χ1) is 14.6. The van der Waals surface area contributed by atoms with E-state index >= 15 is 0 Å². The fourth-order valence-corrected chi connectivity index (χ4v) is 5.71. The molecule has 1 aliphatic rings. The lowest BCUT2D eigenvalue weighted by atomic mass is 9.82. The summed E-state index contributed by atoms with van der Waals surface area (Å²) in [5.74, 6) is 1.01. The van der Waals surface area contributed by atoms with E-state index in [9.17, 15) is 0 Å². The number of fused-ring (bicyclic) bond motifs is 6. The lowest BCUT2D eigenvalue weighted by Crippen LogP contribution is -2.20. The van der Waals surface area contributed by atoms with Crippen LogP contribution < -0.4 is 0 Å². The maximum atomic E-state index is 5.18. The SMILES string of the molecule is CC(C)(C)c1ccc2c(n1)nc(C(C)(C)C)n1c3cc4c(cc3nc21)C(C)(C)CC4(C)C. The fraction of sp³-hybridized carbons (Fsp3) is 0.536. The Kier molecular flexibility index (Phi) is 4.07. The van der Waals surface area contributed by atoms with Gasteiger partial charge in [-0.2, -0.15) is 0 Å². The zero-order valence-corrected chi connectivity index (χ0v) is 21.3. The Bertz CT molecular complexity index is 1410. The second-order valence-electron chi connectivity index (χ2n) is 13.1. The van der Waals surface area contributed by atoms with Gasteiger partial charge in [-0.05, 0) is 52.6 Å². The van der Waals surface area contributed by atoms with Crippen LogP contribution in [0.3, 0.4) is 0 Å². The van der Waals surface area contributed by atoms with Crippen LogP contribution in [-0.2, 0) is 21.7 Å². The van der Waals surface area contributed by atoms with Crippen LogP contribution in [0.25, 0.3) is 27.7 Å². The number of pyridine rings is 1.